The lowest BCUT2D eigenvalue weighted by atomic mass is 10.00. The zero-order chi connectivity index (χ0) is 4.83. The predicted octanol–water partition coefficient (Wildman–Crippen LogP) is 1.04. The lowest BCUT2D eigenvalue weighted by Crippen LogP contribution is -1.70. The van der Waals surface area contributed by atoms with Gasteiger partial charge in [-0.05, 0) is 6.42 Å². The van der Waals surface area contributed by atoms with Crippen molar-refractivity contribution in [2.45, 2.75) is 26.1 Å². The van der Waals surface area contributed by atoms with Crippen LogP contribution in [0.5, 0.6) is 0 Å². The van der Waals surface area contributed by atoms with Gasteiger partial charge in [-0.3, -0.25) is 0 Å². The second kappa shape index (κ2) is 5.06. The normalized spacial score (nSPS) is 8.83. The summed E-state index contributed by atoms with van der Waals surface area (Å²) in [7, 11) is 2.21. The summed E-state index contributed by atoms with van der Waals surface area (Å²) in [5.41, 5.74) is 0. The van der Waals surface area contributed by atoms with Crippen molar-refractivity contribution in [1.29, 1.82) is 0 Å². The van der Waals surface area contributed by atoms with Crippen molar-refractivity contribution in [1.82, 2.24) is 0 Å². The Kier molecular flexibility index (Phi) is 5.12. The van der Waals surface area contributed by atoms with Gasteiger partial charge in [0.15, 0.2) is 0 Å². The van der Waals surface area contributed by atoms with E-state index in [1.807, 2.05) is 0 Å². The Morgan fingerprint density at radius 3 is 2.50 bits per heavy atom. The maximum absolute atomic E-state index is 2.21. The van der Waals surface area contributed by atoms with Crippen LogP contribution in [0.25, 0.3) is 0 Å². The number of hydrogen-bond acceptors (Lipinski definition) is 0. The largest absolute Gasteiger partial charge is 0.101 e. The summed E-state index contributed by atoms with van der Waals surface area (Å²) < 4.78 is 0. The second-order valence-electron chi connectivity index (χ2n) is 1.55. The maximum atomic E-state index is 2.21. The monoisotopic (exact) mass is 83.1 g/mol. The highest BCUT2D eigenvalue weighted by Crippen LogP contribution is 1.93. The molecule has 0 aliphatic carbocycles. The Morgan fingerprint density at radius 1 is 1.67 bits per heavy atom. The third-order valence-corrected chi connectivity index (χ3v) is 0.846. The lowest BCUT2D eigenvalue weighted by Gasteiger charge is -1.85. The van der Waals surface area contributed by atoms with Crippen LogP contribution in [0.4, 0.5) is 0 Å². The molecule has 0 spiro atoms. The third-order valence-electron chi connectivity index (χ3n) is 0.846. The van der Waals surface area contributed by atoms with Gasteiger partial charge in [-0.25, -0.2) is 0 Å². The van der Waals surface area contributed by atoms with Crippen LogP contribution in [0.3, 0.4) is 0 Å². The Morgan fingerprint density at radius 2 is 2.33 bits per heavy atom. The fourth-order valence-corrected chi connectivity index (χ4v) is 0.408. The van der Waals surface area contributed by atoms with Crippen LogP contribution < -0.4 is 0 Å². The average Bonchev–Trinajstić information content (AvgIpc) is 1.61. The SMILES string of the molecule is BCCC[CH]C. The number of unbranched alkanes of at least 4 members (excludes halogenated alkanes) is 2. The molecule has 0 fully saturated rings. The summed E-state index contributed by atoms with van der Waals surface area (Å²) in [5, 5.41) is 0. The van der Waals surface area contributed by atoms with E-state index in [4.69, 9.17) is 0 Å². The Balaban J connectivity index is 2.34. The van der Waals surface area contributed by atoms with Gasteiger partial charge in [0.25, 0.3) is 0 Å². The van der Waals surface area contributed by atoms with Crippen LogP contribution in [-0.4, -0.2) is 7.85 Å². The molecule has 0 bridgehead atoms. The van der Waals surface area contributed by atoms with Crippen LogP contribution in [0.2, 0.25) is 6.32 Å². The highest BCUT2D eigenvalue weighted by Gasteiger charge is 1.76. The molecular weight excluding hydrogens is 70.9 g/mol. The van der Waals surface area contributed by atoms with Crippen LogP contribution in [0.1, 0.15) is 19.8 Å². The molecule has 0 aliphatic rings. The zero-order valence-corrected chi connectivity index (χ0v) is 4.70. The minimum atomic E-state index is 1.29. The van der Waals surface area contributed by atoms with Gasteiger partial charge >= 0.3 is 0 Å². The quantitative estimate of drug-likeness (QED) is 0.353. The van der Waals surface area contributed by atoms with Crippen LogP contribution in [-0.2, 0) is 0 Å². The fraction of sp³-hybridized carbons (Fsp3) is 0.800. The molecular formula is C5H12B. The van der Waals surface area contributed by atoms with Gasteiger partial charge in [-0.15, -0.1) is 0 Å². The van der Waals surface area contributed by atoms with E-state index in [1.54, 1.807) is 0 Å². The molecule has 0 nitrogen and oxygen atoms in total. The van der Waals surface area contributed by atoms with Gasteiger partial charge in [0.1, 0.15) is 7.85 Å². The Bertz CT molecular complexity index is 15.9. The van der Waals surface area contributed by atoms with Crippen molar-refractivity contribution in [3.8, 4) is 0 Å². The van der Waals surface area contributed by atoms with Crippen LogP contribution in [0.15, 0.2) is 0 Å². The molecule has 0 N–H and O–H groups in total. The van der Waals surface area contributed by atoms with Crippen LogP contribution in [0, 0.1) is 6.42 Å². The summed E-state index contributed by atoms with van der Waals surface area (Å²) in [4.78, 5) is 0. The predicted molar refractivity (Wildman–Crippen MR) is 32.6 cm³/mol. The topological polar surface area (TPSA) is 0 Å². The molecule has 0 aromatic heterocycles. The maximum Gasteiger partial charge on any atom is 0.101 e. The van der Waals surface area contributed by atoms with Gasteiger partial charge in [0, 0.05) is 0 Å². The smallest absolute Gasteiger partial charge is 0.0810 e. The minimum absolute atomic E-state index is 1.29. The Hall–Kier alpha value is 0.0649. The molecule has 0 amide bonds. The molecule has 0 atom stereocenters. The first kappa shape index (κ1) is 6.06. The van der Waals surface area contributed by atoms with E-state index in [2.05, 4.69) is 21.2 Å². The van der Waals surface area contributed by atoms with Crippen molar-refractivity contribution in [3.05, 3.63) is 6.42 Å². The van der Waals surface area contributed by atoms with E-state index in [9.17, 15) is 0 Å². The standard InChI is InChI=1S/C5H12B/c1-2-3-4-5-6/h2H,3-6H2,1H3. The lowest BCUT2D eigenvalue weighted by molar-refractivity contribution is 0.899. The van der Waals surface area contributed by atoms with Crippen molar-refractivity contribution < 1.29 is 0 Å². The van der Waals surface area contributed by atoms with E-state index in [-0.39, 0.29) is 0 Å². The molecule has 1 heteroatoms. The first-order chi connectivity index (χ1) is 2.91. The molecule has 0 aromatic rings. The number of rotatable bonds is 3. The summed E-state index contributed by atoms with van der Waals surface area (Å²) in [6.45, 7) is 2.11. The number of hydrogen-bond donors (Lipinski definition) is 0. The molecule has 6 heavy (non-hydrogen) atoms. The molecule has 0 saturated carbocycles. The van der Waals surface area contributed by atoms with Crippen molar-refractivity contribution in [2.75, 3.05) is 0 Å². The van der Waals surface area contributed by atoms with Crippen molar-refractivity contribution in [3.63, 3.8) is 0 Å². The Labute approximate surface area is 41.4 Å². The molecule has 0 rings (SSSR count). The molecule has 0 heterocycles. The third kappa shape index (κ3) is 4.06. The molecule has 0 saturated heterocycles. The second-order valence-corrected chi connectivity index (χ2v) is 1.55. The van der Waals surface area contributed by atoms with Gasteiger partial charge in [-0.2, -0.15) is 0 Å². The zero-order valence-electron chi connectivity index (χ0n) is 4.70. The highest BCUT2D eigenvalue weighted by molar-refractivity contribution is 6.08. The fourth-order valence-electron chi connectivity index (χ4n) is 0.408. The molecule has 35 valence electrons. The highest BCUT2D eigenvalue weighted by atomic mass is 13.8. The molecule has 1 radical (unpaired) electrons. The van der Waals surface area contributed by atoms with E-state index >= 15 is 0 Å². The van der Waals surface area contributed by atoms with E-state index in [0.29, 0.717) is 0 Å². The summed E-state index contributed by atoms with van der Waals surface area (Å²) in [6.07, 6.45) is 6.18. The molecule has 0 aromatic carbocycles. The first-order valence-electron chi connectivity index (χ1n) is 2.69. The summed E-state index contributed by atoms with van der Waals surface area (Å²) >= 11 is 0. The summed E-state index contributed by atoms with van der Waals surface area (Å²) in [5.74, 6) is 0. The van der Waals surface area contributed by atoms with Crippen molar-refractivity contribution >= 4 is 7.85 Å². The molecule has 0 unspecified atom stereocenters. The minimum Gasteiger partial charge on any atom is -0.0810 e. The average molecular weight is 83.0 g/mol. The van der Waals surface area contributed by atoms with E-state index < -0.39 is 0 Å². The molecule has 0 aliphatic heterocycles. The van der Waals surface area contributed by atoms with Crippen molar-refractivity contribution in [2.24, 2.45) is 0 Å². The van der Waals surface area contributed by atoms with Gasteiger partial charge in [-0.1, -0.05) is 26.1 Å². The van der Waals surface area contributed by atoms with Gasteiger partial charge < -0.3 is 0 Å². The first-order valence-corrected chi connectivity index (χ1v) is 2.69. The van der Waals surface area contributed by atoms with Crippen LogP contribution >= 0.6 is 0 Å². The van der Waals surface area contributed by atoms with Gasteiger partial charge in [0.2, 0.25) is 0 Å². The van der Waals surface area contributed by atoms with E-state index in [0.717, 1.165) is 0 Å². The summed E-state index contributed by atoms with van der Waals surface area (Å²) in [6, 6.07) is 0. The van der Waals surface area contributed by atoms with E-state index in [1.165, 1.54) is 19.2 Å². The van der Waals surface area contributed by atoms with Gasteiger partial charge in [0.05, 0.1) is 0 Å².